The Balaban J connectivity index is 2.21. The second-order valence-electron chi connectivity index (χ2n) is 4.57. The van der Waals surface area contributed by atoms with Gasteiger partial charge in [-0.25, -0.2) is 15.8 Å². The Morgan fingerprint density at radius 1 is 1.30 bits per heavy atom. The van der Waals surface area contributed by atoms with E-state index in [4.69, 9.17) is 5.84 Å². The molecule has 2 rings (SSSR count). The average Bonchev–Trinajstić information content (AvgIpc) is 2.84. The molecule has 2 aromatic rings. The maximum absolute atomic E-state index is 5.50. The number of nitrogen functional groups attached to an aromatic ring is 1. The van der Waals surface area contributed by atoms with Gasteiger partial charge < -0.3 is 15.3 Å². The summed E-state index contributed by atoms with van der Waals surface area (Å²) in [5.74, 6) is 8.52. The molecule has 0 saturated carbocycles. The first kappa shape index (κ1) is 14.2. The zero-order valence-corrected chi connectivity index (χ0v) is 12.0. The SMILES string of the molecule is CCCc1nc(NN)c(C)c(NCc2nncn2C)n1. The van der Waals surface area contributed by atoms with Crippen molar-refractivity contribution < 1.29 is 0 Å². The second kappa shape index (κ2) is 6.29. The summed E-state index contributed by atoms with van der Waals surface area (Å²) in [5.41, 5.74) is 3.50. The van der Waals surface area contributed by atoms with Gasteiger partial charge in [-0.15, -0.1) is 10.2 Å². The fraction of sp³-hybridized carbons (Fsp3) is 0.500. The van der Waals surface area contributed by atoms with Gasteiger partial charge in [-0.05, 0) is 13.3 Å². The highest BCUT2D eigenvalue weighted by molar-refractivity contribution is 5.56. The molecule has 2 aromatic heterocycles. The molecule has 2 heterocycles. The highest BCUT2D eigenvalue weighted by atomic mass is 15.3. The minimum Gasteiger partial charge on any atom is -0.362 e. The number of hydrazine groups is 1. The Bertz CT molecular complexity index is 577. The summed E-state index contributed by atoms with van der Waals surface area (Å²) in [5, 5.41) is 11.1. The van der Waals surface area contributed by atoms with E-state index in [0.717, 1.165) is 35.9 Å². The minimum absolute atomic E-state index is 0.546. The van der Waals surface area contributed by atoms with E-state index in [1.165, 1.54) is 0 Å². The van der Waals surface area contributed by atoms with Gasteiger partial charge >= 0.3 is 0 Å². The van der Waals surface area contributed by atoms with Gasteiger partial charge in [0.2, 0.25) is 0 Å². The van der Waals surface area contributed by atoms with Crippen LogP contribution in [0.1, 0.15) is 30.6 Å². The van der Waals surface area contributed by atoms with Crippen LogP contribution in [0.3, 0.4) is 0 Å². The molecule has 0 atom stereocenters. The van der Waals surface area contributed by atoms with Crippen molar-refractivity contribution in [1.82, 2.24) is 24.7 Å². The molecule has 0 spiro atoms. The Morgan fingerprint density at radius 2 is 2.05 bits per heavy atom. The molecule has 8 heteroatoms. The number of anilines is 2. The van der Waals surface area contributed by atoms with Crippen molar-refractivity contribution in [2.45, 2.75) is 33.2 Å². The van der Waals surface area contributed by atoms with E-state index in [0.29, 0.717) is 12.4 Å². The quantitative estimate of drug-likeness (QED) is 0.528. The molecule has 0 radical (unpaired) electrons. The summed E-state index contributed by atoms with van der Waals surface area (Å²) < 4.78 is 1.86. The van der Waals surface area contributed by atoms with Gasteiger partial charge in [-0.2, -0.15) is 0 Å². The van der Waals surface area contributed by atoms with E-state index in [9.17, 15) is 0 Å². The molecule has 0 aliphatic heterocycles. The van der Waals surface area contributed by atoms with Gasteiger partial charge in [0, 0.05) is 19.0 Å². The first-order valence-electron chi connectivity index (χ1n) is 6.56. The molecule has 0 bridgehead atoms. The van der Waals surface area contributed by atoms with Crippen molar-refractivity contribution in [2.24, 2.45) is 12.9 Å². The monoisotopic (exact) mass is 276 g/mol. The lowest BCUT2D eigenvalue weighted by Gasteiger charge is -2.13. The van der Waals surface area contributed by atoms with Crippen LogP contribution in [0.15, 0.2) is 6.33 Å². The van der Waals surface area contributed by atoms with Gasteiger partial charge in [0.15, 0.2) is 5.82 Å². The van der Waals surface area contributed by atoms with Crippen LogP contribution in [0.2, 0.25) is 0 Å². The molecule has 0 aromatic carbocycles. The third kappa shape index (κ3) is 3.02. The fourth-order valence-corrected chi connectivity index (χ4v) is 1.84. The number of nitrogens with zero attached hydrogens (tertiary/aromatic N) is 5. The molecule has 108 valence electrons. The Labute approximate surface area is 117 Å². The zero-order valence-electron chi connectivity index (χ0n) is 12.0. The van der Waals surface area contributed by atoms with E-state index in [1.54, 1.807) is 6.33 Å². The van der Waals surface area contributed by atoms with Crippen molar-refractivity contribution in [2.75, 3.05) is 10.7 Å². The van der Waals surface area contributed by atoms with Gasteiger partial charge in [0.1, 0.15) is 23.8 Å². The number of nitrogens with two attached hydrogens (primary N) is 1. The van der Waals surface area contributed by atoms with Crippen LogP contribution in [0.4, 0.5) is 11.6 Å². The normalized spacial score (nSPS) is 10.6. The van der Waals surface area contributed by atoms with E-state index < -0.39 is 0 Å². The Kier molecular flexibility index (Phi) is 4.46. The second-order valence-corrected chi connectivity index (χ2v) is 4.57. The first-order valence-corrected chi connectivity index (χ1v) is 6.56. The molecule has 0 amide bonds. The van der Waals surface area contributed by atoms with Crippen LogP contribution in [-0.4, -0.2) is 24.7 Å². The maximum Gasteiger partial charge on any atom is 0.151 e. The number of aromatic nitrogens is 5. The summed E-state index contributed by atoms with van der Waals surface area (Å²) in [4.78, 5) is 8.91. The Morgan fingerprint density at radius 3 is 2.65 bits per heavy atom. The molecule has 0 saturated heterocycles. The third-order valence-electron chi connectivity index (χ3n) is 3.02. The van der Waals surface area contributed by atoms with Crippen LogP contribution in [0.25, 0.3) is 0 Å². The fourth-order valence-electron chi connectivity index (χ4n) is 1.84. The van der Waals surface area contributed by atoms with E-state index >= 15 is 0 Å². The molecule has 0 unspecified atom stereocenters. The molecule has 8 nitrogen and oxygen atoms in total. The smallest absolute Gasteiger partial charge is 0.151 e. The zero-order chi connectivity index (χ0) is 14.5. The summed E-state index contributed by atoms with van der Waals surface area (Å²) in [6.45, 7) is 4.55. The first-order chi connectivity index (χ1) is 9.65. The van der Waals surface area contributed by atoms with Crippen LogP contribution < -0.4 is 16.6 Å². The molecular formula is C12H20N8. The van der Waals surface area contributed by atoms with Gasteiger partial charge in [0.25, 0.3) is 0 Å². The maximum atomic E-state index is 5.50. The number of nitrogens with one attached hydrogen (secondary N) is 2. The summed E-state index contributed by atoms with van der Waals surface area (Å²) in [6.07, 6.45) is 3.46. The van der Waals surface area contributed by atoms with Crippen molar-refractivity contribution >= 4 is 11.6 Å². The van der Waals surface area contributed by atoms with E-state index in [-0.39, 0.29) is 0 Å². The van der Waals surface area contributed by atoms with Gasteiger partial charge in [0.05, 0.1) is 6.54 Å². The molecule has 0 fully saturated rings. The molecule has 0 aliphatic carbocycles. The third-order valence-corrected chi connectivity index (χ3v) is 3.02. The topological polar surface area (TPSA) is 107 Å². The number of aryl methyl sites for hydroxylation is 2. The van der Waals surface area contributed by atoms with Crippen molar-refractivity contribution in [3.8, 4) is 0 Å². The van der Waals surface area contributed by atoms with Gasteiger partial charge in [-0.3, -0.25) is 0 Å². The number of hydrogen-bond donors (Lipinski definition) is 3. The lowest BCUT2D eigenvalue weighted by Crippen LogP contribution is -2.15. The molecular weight excluding hydrogens is 256 g/mol. The van der Waals surface area contributed by atoms with E-state index in [2.05, 4.69) is 37.8 Å². The Hall–Kier alpha value is -2.22. The predicted octanol–water partition coefficient (Wildman–Crippen LogP) is 0.764. The van der Waals surface area contributed by atoms with Crippen LogP contribution >= 0.6 is 0 Å². The standard InChI is InChI=1S/C12H20N8/c1-4-5-9-16-11(8(2)12(17-9)18-13)14-6-10-19-15-7-20(10)3/h7H,4-6,13H2,1-3H3,(H2,14,16,17,18). The summed E-state index contributed by atoms with van der Waals surface area (Å²) in [6, 6.07) is 0. The number of rotatable bonds is 6. The minimum atomic E-state index is 0.546. The van der Waals surface area contributed by atoms with Gasteiger partial charge in [-0.1, -0.05) is 6.92 Å². The molecule has 4 N–H and O–H groups in total. The van der Waals surface area contributed by atoms with Crippen molar-refractivity contribution in [3.05, 3.63) is 23.5 Å². The lowest BCUT2D eigenvalue weighted by molar-refractivity contribution is 0.800. The van der Waals surface area contributed by atoms with Crippen LogP contribution in [0.5, 0.6) is 0 Å². The lowest BCUT2D eigenvalue weighted by atomic mass is 10.2. The average molecular weight is 276 g/mol. The van der Waals surface area contributed by atoms with E-state index in [1.807, 2.05) is 18.5 Å². The summed E-state index contributed by atoms with van der Waals surface area (Å²) in [7, 11) is 1.90. The van der Waals surface area contributed by atoms with Crippen molar-refractivity contribution in [3.63, 3.8) is 0 Å². The van der Waals surface area contributed by atoms with Crippen molar-refractivity contribution in [1.29, 1.82) is 0 Å². The molecule has 0 aliphatic rings. The highest BCUT2D eigenvalue weighted by Crippen LogP contribution is 2.20. The molecule has 20 heavy (non-hydrogen) atoms. The summed E-state index contributed by atoms with van der Waals surface area (Å²) >= 11 is 0. The number of hydrogen-bond acceptors (Lipinski definition) is 7. The largest absolute Gasteiger partial charge is 0.362 e. The highest BCUT2D eigenvalue weighted by Gasteiger charge is 2.10. The predicted molar refractivity (Wildman–Crippen MR) is 76.9 cm³/mol. The van der Waals surface area contributed by atoms with Crippen LogP contribution in [0, 0.1) is 6.92 Å². The van der Waals surface area contributed by atoms with Crippen LogP contribution in [-0.2, 0) is 20.0 Å².